The fourth-order valence-electron chi connectivity index (χ4n) is 3.44. The van der Waals surface area contributed by atoms with Crippen LogP contribution in [0.3, 0.4) is 0 Å². The SMILES string of the molecule is CCNC1CCCC1c1nc(CC2CCCCO2)no1. The van der Waals surface area contributed by atoms with Crippen molar-refractivity contribution < 1.29 is 9.26 Å². The van der Waals surface area contributed by atoms with Gasteiger partial charge in [-0.2, -0.15) is 4.98 Å². The molecule has 0 amide bonds. The third kappa shape index (κ3) is 3.20. The van der Waals surface area contributed by atoms with E-state index in [-0.39, 0.29) is 6.10 Å². The normalized spacial score (nSPS) is 30.8. The van der Waals surface area contributed by atoms with Crippen LogP contribution in [0.1, 0.15) is 63.1 Å². The minimum Gasteiger partial charge on any atom is -0.378 e. The van der Waals surface area contributed by atoms with E-state index in [0.29, 0.717) is 12.0 Å². The van der Waals surface area contributed by atoms with Crippen molar-refractivity contribution in [1.29, 1.82) is 0 Å². The molecule has 3 unspecified atom stereocenters. The van der Waals surface area contributed by atoms with Crippen LogP contribution in [-0.4, -0.2) is 35.4 Å². The summed E-state index contributed by atoms with van der Waals surface area (Å²) >= 11 is 0. The number of rotatable bonds is 5. The van der Waals surface area contributed by atoms with Gasteiger partial charge >= 0.3 is 0 Å². The third-order valence-corrected chi connectivity index (χ3v) is 4.47. The second-order valence-corrected chi connectivity index (χ2v) is 5.94. The highest BCUT2D eigenvalue weighted by Gasteiger charge is 2.32. The third-order valence-electron chi connectivity index (χ3n) is 4.47. The van der Waals surface area contributed by atoms with Crippen molar-refractivity contribution >= 4 is 0 Å². The Hall–Kier alpha value is -0.940. The highest BCUT2D eigenvalue weighted by molar-refractivity contribution is 5.03. The Labute approximate surface area is 120 Å². The van der Waals surface area contributed by atoms with Gasteiger partial charge in [-0.15, -0.1) is 0 Å². The Bertz CT molecular complexity index is 415. The maximum atomic E-state index is 5.74. The minimum atomic E-state index is 0.280. The van der Waals surface area contributed by atoms with Crippen LogP contribution in [0.2, 0.25) is 0 Å². The zero-order valence-electron chi connectivity index (χ0n) is 12.3. The molecule has 5 nitrogen and oxygen atoms in total. The van der Waals surface area contributed by atoms with E-state index < -0.39 is 0 Å². The molecule has 0 spiro atoms. The monoisotopic (exact) mass is 279 g/mol. The lowest BCUT2D eigenvalue weighted by Gasteiger charge is -2.20. The fraction of sp³-hybridized carbons (Fsp3) is 0.867. The molecule has 2 fully saturated rings. The Morgan fingerprint density at radius 3 is 2.95 bits per heavy atom. The van der Waals surface area contributed by atoms with Crippen LogP contribution in [-0.2, 0) is 11.2 Å². The van der Waals surface area contributed by atoms with Gasteiger partial charge in [0, 0.05) is 19.1 Å². The number of nitrogens with zero attached hydrogens (tertiary/aromatic N) is 2. The molecule has 1 saturated carbocycles. The Morgan fingerprint density at radius 2 is 2.15 bits per heavy atom. The molecule has 2 heterocycles. The number of aromatic nitrogens is 2. The summed E-state index contributed by atoms with van der Waals surface area (Å²) < 4.78 is 11.3. The van der Waals surface area contributed by atoms with Gasteiger partial charge in [0.2, 0.25) is 5.89 Å². The number of likely N-dealkylation sites (N-methyl/N-ethyl adjacent to an activating group) is 1. The first-order valence-corrected chi connectivity index (χ1v) is 8.04. The number of hydrogen-bond acceptors (Lipinski definition) is 5. The van der Waals surface area contributed by atoms with Gasteiger partial charge in [0.15, 0.2) is 5.82 Å². The molecule has 1 saturated heterocycles. The lowest BCUT2D eigenvalue weighted by Crippen LogP contribution is -2.31. The van der Waals surface area contributed by atoms with E-state index in [1.54, 1.807) is 0 Å². The van der Waals surface area contributed by atoms with Crippen LogP contribution in [0.15, 0.2) is 4.52 Å². The lowest BCUT2D eigenvalue weighted by molar-refractivity contribution is 0.0153. The molecule has 5 heteroatoms. The summed E-state index contributed by atoms with van der Waals surface area (Å²) in [4.78, 5) is 4.62. The van der Waals surface area contributed by atoms with E-state index >= 15 is 0 Å². The van der Waals surface area contributed by atoms with Gasteiger partial charge in [-0.1, -0.05) is 18.5 Å². The summed E-state index contributed by atoms with van der Waals surface area (Å²) in [5, 5.41) is 7.69. The average Bonchev–Trinajstić information content (AvgIpc) is 3.09. The maximum Gasteiger partial charge on any atom is 0.231 e. The summed E-state index contributed by atoms with van der Waals surface area (Å²) in [5.74, 6) is 2.02. The molecular formula is C15H25N3O2. The predicted octanol–water partition coefficient (Wildman–Crippen LogP) is 2.43. The van der Waals surface area contributed by atoms with E-state index in [4.69, 9.17) is 9.26 Å². The highest BCUT2D eigenvalue weighted by Crippen LogP contribution is 2.33. The van der Waals surface area contributed by atoms with Crippen molar-refractivity contribution in [3.05, 3.63) is 11.7 Å². The zero-order valence-corrected chi connectivity index (χ0v) is 12.3. The fourth-order valence-corrected chi connectivity index (χ4v) is 3.44. The summed E-state index contributed by atoms with van der Waals surface area (Å²) in [6.07, 6.45) is 8.23. The van der Waals surface area contributed by atoms with Gasteiger partial charge in [0.1, 0.15) is 0 Å². The molecule has 2 aliphatic rings. The average molecular weight is 279 g/mol. The van der Waals surface area contributed by atoms with Crippen molar-refractivity contribution in [3.8, 4) is 0 Å². The molecular weight excluding hydrogens is 254 g/mol. The molecule has 1 aromatic heterocycles. The second-order valence-electron chi connectivity index (χ2n) is 5.94. The first-order valence-electron chi connectivity index (χ1n) is 8.04. The first-order chi connectivity index (χ1) is 9.86. The second kappa shape index (κ2) is 6.68. The van der Waals surface area contributed by atoms with Crippen molar-refractivity contribution in [2.24, 2.45) is 0 Å². The van der Waals surface area contributed by atoms with Crippen molar-refractivity contribution in [2.75, 3.05) is 13.2 Å². The largest absolute Gasteiger partial charge is 0.378 e. The topological polar surface area (TPSA) is 60.2 Å². The Balaban J connectivity index is 1.60. The maximum absolute atomic E-state index is 5.74. The van der Waals surface area contributed by atoms with Gasteiger partial charge in [-0.25, -0.2) is 0 Å². The summed E-state index contributed by atoms with van der Waals surface area (Å²) in [7, 11) is 0. The first kappa shape index (κ1) is 14.0. The molecule has 3 rings (SSSR count). The van der Waals surface area contributed by atoms with E-state index in [0.717, 1.165) is 44.1 Å². The molecule has 0 radical (unpaired) electrons. The van der Waals surface area contributed by atoms with Gasteiger partial charge in [-0.3, -0.25) is 0 Å². The summed E-state index contributed by atoms with van der Waals surface area (Å²) in [6.45, 7) is 4.02. The summed E-state index contributed by atoms with van der Waals surface area (Å²) in [5.41, 5.74) is 0. The number of ether oxygens (including phenoxy) is 1. The molecule has 0 bridgehead atoms. The lowest BCUT2D eigenvalue weighted by atomic mass is 10.0. The van der Waals surface area contributed by atoms with Crippen molar-refractivity contribution in [3.63, 3.8) is 0 Å². The summed E-state index contributed by atoms with van der Waals surface area (Å²) in [6, 6.07) is 0.499. The van der Waals surface area contributed by atoms with Crippen LogP contribution >= 0.6 is 0 Å². The predicted molar refractivity (Wildman–Crippen MR) is 75.6 cm³/mol. The van der Waals surface area contributed by atoms with Gasteiger partial charge in [-0.05, 0) is 38.6 Å². The van der Waals surface area contributed by atoms with Crippen molar-refractivity contribution in [1.82, 2.24) is 15.5 Å². The van der Waals surface area contributed by atoms with E-state index in [2.05, 4.69) is 22.4 Å². The van der Waals surface area contributed by atoms with E-state index in [9.17, 15) is 0 Å². The number of hydrogen-bond donors (Lipinski definition) is 1. The zero-order chi connectivity index (χ0) is 13.8. The molecule has 20 heavy (non-hydrogen) atoms. The van der Waals surface area contributed by atoms with Crippen LogP contribution in [0, 0.1) is 0 Å². The van der Waals surface area contributed by atoms with Crippen molar-refractivity contribution in [2.45, 2.75) is 69.9 Å². The van der Waals surface area contributed by atoms with Crippen LogP contribution in [0.25, 0.3) is 0 Å². The molecule has 3 atom stereocenters. The molecule has 1 aliphatic carbocycles. The van der Waals surface area contributed by atoms with E-state index in [1.807, 2.05) is 0 Å². The standard InChI is InChI=1S/C15H25N3O2/c1-2-16-13-8-5-7-12(13)15-17-14(18-20-15)10-11-6-3-4-9-19-11/h11-13,16H,2-10H2,1H3. The smallest absolute Gasteiger partial charge is 0.231 e. The van der Waals surface area contributed by atoms with E-state index in [1.165, 1.54) is 25.7 Å². The molecule has 112 valence electrons. The Kier molecular flexibility index (Phi) is 4.68. The number of nitrogens with one attached hydrogen (secondary N) is 1. The molecule has 1 N–H and O–H groups in total. The van der Waals surface area contributed by atoms with Crippen LogP contribution in [0.4, 0.5) is 0 Å². The van der Waals surface area contributed by atoms with Gasteiger partial charge in [0.05, 0.1) is 12.0 Å². The minimum absolute atomic E-state index is 0.280. The highest BCUT2D eigenvalue weighted by atomic mass is 16.5. The van der Waals surface area contributed by atoms with Gasteiger partial charge in [0.25, 0.3) is 0 Å². The van der Waals surface area contributed by atoms with Gasteiger partial charge < -0.3 is 14.6 Å². The van der Waals surface area contributed by atoms with Crippen LogP contribution in [0.5, 0.6) is 0 Å². The van der Waals surface area contributed by atoms with Crippen LogP contribution < -0.4 is 5.32 Å². The molecule has 1 aromatic rings. The Morgan fingerprint density at radius 1 is 1.20 bits per heavy atom. The quantitative estimate of drug-likeness (QED) is 0.897. The molecule has 0 aromatic carbocycles. The molecule has 1 aliphatic heterocycles.